The van der Waals surface area contributed by atoms with Crippen molar-refractivity contribution in [2.75, 3.05) is 26.3 Å². The first-order valence-corrected chi connectivity index (χ1v) is 8.57. The molecule has 130 valence electrons. The largest absolute Gasteiger partial charge is 0.481 e. The van der Waals surface area contributed by atoms with Gasteiger partial charge in [-0.3, -0.25) is 9.59 Å². The molecule has 5 nitrogen and oxygen atoms in total. The van der Waals surface area contributed by atoms with Crippen LogP contribution in [0.15, 0.2) is 18.2 Å². The Kier molecular flexibility index (Phi) is 4.63. The van der Waals surface area contributed by atoms with Gasteiger partial charge in [0, 0.05) is 32.0 Å². The number of amides is 1. The van der Waals surface area contributed by atoms with Gasteiger partial charge in [0.05, 0.1) is 12.0 Å². The van der Waals surface area contributed by atoms with Crippen LogP contribution in [0.3, 0.4) is 0 Å². The number of aliphatic carboxylic acids is 1. The van der Waals surface area contributed by atoms with Gasteiger partial charge in [-0.15, -0.1) is 0 Å². The van der Waals surface area contributed by atoms with E-state index in [-0.39, 0.29) is 11.8 Å². The number of hydrogen-bond acceptors (Lipinski definition) is 3. The lowest BCUT2D eigenvalue weighted by Crippen LogP contribution is -2.45. The average Bonchev–Trinajstić information content (AvgIpc) is 2.95. The van der Waals surface area contributed by atoms with Gasteiger partial charge in [0.15, 0.2) is 0 Å². The van der Waals surface area contributed by atoms with Gasteiger partial charge in [-0.05, 0) is 37.8 Å². The third-order valence-electron chi connectivity index (χ3n) is 5.59. The van der Waals surface area contributed by atoms with E-state index in [1.54, 1.807) is 4.90 Å². The van der Waals surface area contributed by atoms with E-state index in [1.807, 2.05) is 0 Å². The lowest BCUT2D eigenvalue weighted by atomic mass is 9.74. The van der Waals surface area contributed by atoms with Gasteiger partial charge in [-0.1, -0.05) is 23.8 Å². The van der Waals surface area contributed by atoms with E-state index in [4.69, 9.17) is 4.74 Å². The monoisotopic (exact) mass is 331 g/mol. The summed E-state index contributed by atoms with van der Waals surface area (Å²) < 4.78 is 5.44. The molecule has 2 heterocycles. The Morgan fingerprint density at radius 3 is 2.83 bits per heavy atom. The quantitative estimate of drug-likeness (QED) is 0.918. The number of likely N-dealkylation sites (tertiary alicyclic amines) is 1. The molecule has 0 radical (unpaired) electrons. The lowest BCUT2D eigenvalue weighted by Gasteiger charge is -2.33. The molecule has 0 unspecified atom stereocenters. The number of carbonyl (C=O) groups excluding carboxylic acids is 1. The highest BCUT2D eigenvalue weighted by Crippen LogP contribution is 2.42. The molecule has 5 heteroatoms. The molecule has 0 spiro atoms. The molecule has 0 aliphatic carbocycles. The van der Waals surface area contributed by atoms with E-state index in [0.717, 1.165) is 0 Å². The average molecular weight is 331 g/mol. The van der Waals surface area contributed by atoms with Crippen LogP contribution in [0.1, 0.15) is 29.5 Å². The summed E-state index contributed by atoms with van der Waals surface area (Å²) in [6, 6.07) is 6.27. The molecule has 0 saturated carbocycles. The van der Waals surface area contributed by atoms with Gasteiger partial charge < -0.3 is 14.7 Å². The van der Waals surface area contributed by atoms with Crippen molar-refractivity contribution < 1.29 is 19.4 Å². The molecule has 1 aromatic rings. The number of carboxylic acid groups (broad SMARTS) is 1. The van der Waals surface area contributed by atoms with Crippen LogP contribution >= 0.6 is 0 Å². The van der Waals surface area contributed by atoms with Crippen molar-refractivity contribution in [2.45, 2.75) is 33.1 Å². The molecule has 1 amide bonds. The predicted molar refractivity (Wildman–Crippen MR) is 89.8 cm³/mol. The summed E-state index contributed by atoms with van der Waals surface area (Å²) in [6.45, 7) is 5.84. The number of benzene rings is 1. The SMILES string of the molecule is Cc1ccc(CCC(=O)N2C[C@H]3COCC[C@@]3(C(=O)O)C2)c(C)c1. The Hall–Kier alpha value is -1.88. The van der Waals surface area contributed by atoms with Gasteiger partial charge in [-0.2, -0.15) is 0 Å². The van der Waals surface area contributed by atoms with Crippen LogP contribution in [-0.4, -0.2) is 48.2 Å². The summed E-state index contributed by atoms with van der Waals surface area (Å²) in [5.41, 5.74) is 2.79. The second kappa shape index (κ2) is 6.55. The Morgan fingerprint density at radius 1 is 1.38 bits per heavy atom. The van der Waals surface area contributed by atoms with Gasteiger partial charge >= 0.3 is 5.97 Å². The number of aryl methyl sites for hydroxylation is 3. The van der Waals surface area contributed by atoms with Crippen molar-refractivity contribution in [1.29, 1.82) is 0 Å². The van der Waals surface area contributed by atoms with Crippen LogP contribution in [0.25, 0.3) is 0 Å². The van der Waals surface area contributed by atoms with Crippen LogP contribution < -0.4 is 0 Å². The fourth-order valence-corrected chi connectivity index (χ4v) is 4.02. The fraction of sp³-hybridized carbons (Fsp3) is 0.579. The van der Waals surface area contributed by atoms with Gasteiger partial charge in [0.2, 0.25) is 5.91 Å². The molecular weight excluding hydrogens is 306 g/mol. The van der Waals surface area contributed by atoms with Gasteiger partial charge in [0.1, 0.15) is 0 Å². The molecule has 1 aromatic carbocycles. The molecule has 2 saturated heterocycles. The number of nitrogens with zero attached hydrogens (tertiary/aromatic N) is 1. The normalized spacial score (nSPS) is 26.2. The van der Waals surface area contributed by atoms with Crippen LogP contribution in [-0.2, 0) is 20.7 Å². The highest BCUT2D eigenvalue weighted by Gasteiger charge is 2.54. The number of fused-ring (bicyclic) bond motifs is 1. The standard InChI is InChI=1S/C19H25NO4/c1-13-3-4-15(14(2)9-13)5-6-17(21)20-10-16-11-24-8-7-19(16,12-20)18(22)23/h3-4,9,16H,5-8,10-12H2,1-2H3,(H,22,23)/t16-,19+/m0/s1. The minimum absolute atomic E-state index is 0.0463. The Morgan fingerprint density at radius 2 is 2.17 bits per heavy atom. The van der Waals surface area contributed by atoms with E-state index in [9.17, 15) is 14.7 Å². The molecule has 2 fully saturated rings. The van der Waals surface area contributed by atoms with E-state index < -0.39 is 11.4 Å². The van der Waals surface area contributed by atoms with Crippen LogP contribution in [0.4, 0.5) is 0 Å². The second-order valence-corrected chi connectivity index (χ2v) is 7.19. The van der Waals surface area contributed by atoms with Gasteiger partial charge in [-0.25, -0.2) is 0 Å². The van der Waals surface area contributed by atoms with Crippen LogP contribution in [0, 0.1) is 25.2 Å². The maximum atomic E-state index is 12.6. The van der Waals surface area contributed by atoms with E-state index in [2.05, 4.69) is 32.0 Å². The van der Waals surface area contributed by atoms with E-state index in [1.165, 1.54) is 16.7 Å². The maximum absolute atomic E-state index is 12.6. The lowest BCUT2D eigenvalue weighted by molar-refractivity contribution is -0.157. The van der Waals surface area contributed by atoms with Crippen molar-refractivity contribution in [3.63, 3.8) is 0 Å². The van der Waals surface area contributed by atoms with Crippen molar-refractivity contribution in [3.05, 3.63) is 34.9 Å². The highest BCUT2D eigenvalue weighted by molar-refractivity contribution is 5.81. The van der Waals surface area contributed by atoms with Gasteiger partial charge in [0.25, 0.3) is 0 Å². The molecule has 3 rings (SSSR count). The Labute approximate surface area is 142 Å². The molecule has 2 aliphatic rings. The minimum Gasteiger partial charge on any atom is -0.481 e. The molecule has 0 aromatic heterocycles. The third-order valence-corrected chi connectivity index (χ3v) is 5.59. The number of carboxylic acids is 1. The van der Waals surface area contributed by atoms with Crippen LogP contribution in [0.5, 0.6) is 0 Å². The number of carbonyl (C=O) groups is 2. The molecule has 2 atom stereocenters. The van der Waals surface area contributed by atoms with Crippen molar-refractivity contribution in [1.82, 2.24) is 4.90 Å². The smallest absolute Gasteiger partial charge is 0.311 e. The Balaban J connectivity index is 1.65. The van der Waals surface area contributed by atoms with Crippen LogP contribution in [0.2, 0.25) is 0 Å². The molecule has 2 aliphatic heterocycles. The Bertz CT molecular complexity index is 657. The third kappa shape index (κ3) is 3.05. The fourth-order valence-electron chi connectivity index (χ4n) is 4.02. The molecule has 24 heavy (non-hydrogen) atoms. The van der Waals surface area contributed by atoms with Crippen molar-refractivity contribution in [3.8, 4) is 0 Å². The summed E-state index contributed by atoms with van der Waals surface area (Å²) in [5.74, 6) is -0.834. The minimum atomic E-state index is -0.812. The molecular formula is C19H25NO4. The summed E-state index contributed by atoms with van der Waals surface area (Å²) in [6.07, 6.45) is 1.61. The first-order valence-electron chi connectivity index (χ1n) is 8.57. The summed E-state index contributed by atoms with van der Waals surface area (Å²) in [5, 5.41) is 9.68. The van der Waals surface area contributed by atoms with Crippen molar-refractivity contribution >= 4 is 11.9 Å². The molecule has 0 bridgehead atoms. The number of hydrogen-bond donors (Lipinski definition) is 1. The zero-order valence-electron chi connectivity index (χ0n) is 14.4. The highest BCUT2D eigenvalue weighted by atomic mass is 16.5. The summed E-state index contributed by atoms with van der Waals surface area (Å²) in [4.78, 5) is 26.1. The maximum Gasteiger partial charge on any atom is 0.311 e. The number of rotatable bonds is 4. The second-order valence-electron chi connectivity index (χ2n) is 7.19. The zero-order valence-corrected chi connectivity index (χ0v) is 14.4. The number of ether oxygens (including phenoxy) is 1. The summed E-state index contributed by atoms with van der Waals surface area (Å²) >= 11 is 0. The van der Waals surface area contributed by atoms with E-state index in [0.29, 0.717) is 45.6 Å². The first-order chi connectivity index (χ1) is 11.4. The summed E-state index contributed by atoms with van der Waals surface area (Å²) in [7, 11) is 0. The first kappa shape index (κ1) is 17.0. The topological polar surface area (TPSA) is 66.8 Å². The predicted octanol–water partition coefficient (Wildman–Crippen LogP) is 2.19. The van der Waals surface area contributed by atoms with E-state index >= 15 is 0 Å². The van der Waals surface area contributed by atoms with Crippen molar-refractivity contribution in [2.24, 2.45) is 11.3 Å². The molecule has 1 N–H and O–H groups in total. The zero-order chi connectivity index (χ0) is 17.3.